The lowest BCUT2D eigenvalue weighted by atomic mass is 10.0. The number of ether oxygens (including phenoxy) is 1. The van der Waals surface area contributed by atoms with Crippen molar-refractivity contribution in [2.45, 2.75) is 33.1 Å². The maximum atomic E-state index is 13.0. The molecule has 29 heavy (non-hydrogen) atoms. The van der Waals surface area contributed by atoms with Crippen molar-refractivity contribution in [2.24, 2.45) is 4.99 Å². The summed E-state index contributed by atoms with van der Waals surface area (Å²) in [4.78, 5) is 29.7. The second kappa shape index (κ2) is 12.5. The first-order valence-corrected chi connectivity index (χ1v) is 9.68. The number of benzene rings is 1. The lowest BCUT2D eigenvalue weighted by Crippen LogP contribution is -2.39. The van der Waals surface area contributed by atoms with Crippen LogP contribution in [0.3, 0.4) is 0 Å². The number of carboxylic acids is 1. The number of carboxylic acid groups (broad SMARTS) is 1. The van der Waals surface area contributed by atoms with Gasteiger partial charge in [0.05, 0.1) is 12.9 Å². The van der Waals surface area contributed by atoms with Gasteiger partial charge in [-0.1, -0.05) is 44.7 Å². The highest BCUT2D eigenvalue weighted by Crippen LogP contribution is 2.17. The van der Waals surface area contributed by atoms with Gasteiger partial charge in [0, 0.05) is 30.8 Å². The number of hydrogen-bond donors (Lipinski definition) is 2. The Labute approximate surface area is 172 Å². The van der Waals surface area contributed by atoms with Gasteiger partial charge in [0.25, 0.3) is 5.91 Å². The van der Waals surface area contributed by atoms with Crippen LogP contribution in [0.25, 0.3) is 0 Å². The fourth-order valence-corrected chi connectivity index (χ4v) is 2.74. The zero-order chi connectivity index (χ0) is 21.8. The highest BCUT2D eigenvalue weighted by molar-refractivity contribution is 6.45. The Morgan fingerprint density at radius 2 is 1.93 bits per heavy atom. The number of amides is 1. The molecule has 0 bridgehead atoms. The summed E-state index contributed by atoms with van der Waals surface area (Å²) in [5.41, 5.74) is 2.08. The molecule has 0 saturated carbocycles. The van der Waals surface area contributed by atoms with Crippen LogP contribution in [0.2, 0.25) is 0 Å². The number of aliphatic hydroxyl groups excluding tert-OH is 1. The second-order valence-electron chi connectivity index (χ2n) is 6.10. The number of carbonyl (C=O) groups is 2. The van der Waals surface area contributed by atoms with Crippen LogP contribution in [-0.4, -0.2) is 59.5 Å². The van der Waals surface area contributed by atoms with Crippen molar-refractivity contribution < 1.29 is 24.5 Å². The molecule has 1 amide bonds. The lowest BCUT2D eigenvalue weighted by Gasteiger charge is -2.22. The van der Waals surface area contributed by atoms with Gasteiger partial charge < -0.3 is 14.9 Å². The highest BCUT2D eigenvalue weighted by Gasteiger charge is 2.26. The van der Waals surface area contributed by atoms with E-state index in [1.165, 1.54) is 7.11 Å². The molecule has 0 unspecified atom stereocenters. The third-order valence-corrected chi connectivity index (χ3v) is 4.16. The molecular formula is C22H30N2O5. The van der Waals surface area contributed by atoms with E-state index in [9.17, 15) is 14.7 Å². The normalized spacial score (nSPS) is 16.3. The topological polar surface area (TPSA) is 99.4 Å². The molecule has 7 nitrogen and oxygen atoms in total. The summed E-state index contributed by atoms with van der Waals surface area (Å²) in [6, 6.07) is 7.33. The Kier molecular flexibility index (Phi) is 10.4. The molecule has 0 radical (unpaired) electrons. The summed E-state index contributed by atoms with van der Waals surface area (Å²) >= 11 is 0. The van der Waals surface area contributed by atoms with E-state index in [1.54, 1.807) is 18.2 Å². The van der Waals surface area contributed by atoms with Crippen molar-refractivity contribution in [1.29, 1.82) is 0 Å². The molecule has 0 fully saturated rings. The Morgan fingerprint density at radius 3 is 2.48 bits per heavy atom. The first-order valence-electron chi connectivity index (χ1n) is 9.68. The van der Waals surface area contributed by atoms with Crippen molar-refractivity contribution in [3.8, 4) is 0 Å². The van der Waals surface area contributed by atoms with E-state index in [1.807, 2.05) is 26.0 Å². The Hall–Kier alpha value is -2.93. The Balaban J connectivity index is 0.00000204. The molecule has 2 N–H and O–H groups in total. The van der Waals surface area contributed by atoms with Crippen LogP contribution < -0.4 is 0 Å². The lowest BCUT2D eigenvalue weighted by molar-refractivity contribution is -0.141. The van der Waals surface area contributed by atoms with E-state index in [2.05, 4.69) is 11.6 Å². The molecule has 2 rings (SSSR count). The van der Waals surface area contributed by atoms with Gasteiger partial charge in [-0.15, -0.1) is 0 Å². The fraction of sp³-hybridized carbons (Fsp3) is 0.409. The molecule has 158 valence electrons. The molecule has 0 aromatic heterocycles. The summed E-state index contributed by atoms with van der Waals surface area (Å²) in [5.74, 6) is -1.08. The quantitative estimate of drug-likeness (QED) is 0.731. The molecule has 1 aromatic carbocycles. The van der Waals surface area contributed by atoms with Crippen molar-refractivity contribution in [3.05, 3.63) is 59.5 Å². The van der Waals surface area contributed by atoms with Crippen LogP contribution in [0.5, 0.6) is 0 Å². The summed E-state index contributed by atoms with van der Waals surface area (Å²) in [5, 5.41) is 18.1. The largest absolute Gasteiger partial charge is 0.501 e. The number of allylic oxidation sites excluding steroid dienone is 1. The zero-order valence-corrected chi connectivity index (χ0v) is 17.4. The van der Waals surface area contributed by atoms with Crippen molar-refractivity contribution in [3.63, 3.8) is 0 Å². The van der Waals surface area contributed by atoms with E-state index >= 15 is 0 Å². The minimum atomic E-state index is -1.14. The van der Waals surface area contributed by atoms with Gasteiger partial charge in [0.1, 0.15) is 12.3 Å². The average Bonchev–Trinajstić information content (AvgIpc) is 2.78. The van der Waals surface area contributed by atoms with Crippen LogP contribution >= 0.6 is 0 Å². The third kappa shape index (κ3) is 7.19. The van der Waals surface area contributed by atoms with Crippen molar-refractivity contribution in [2.75, 3.05) is 26.8 Å². The van der Waals surface area contributed by atoms with Gasteiger partial charge in [-0.25, -0.2) is 0 Å². The Bertz CT molecular complexity index is 766. The molecule has 0 spiro atoms. The van der Waals surface area contributed by atoms with Gasteiger partial charge in [0.2, 0.25) is 0 Å². The molecule has 0 saturated heterocycles. The minimum Gasteiger partial charge on any atom is -0.501 e. The number of methoxy groups -OCH3 is 1. The third-order valence-electron chi connectivity index (χ3n) is 4.16. The first-order chi connectivity index (χ1) is 14.0. The predicted octanol–water partition coefficient (Wildman–Crippen LogP) is 2.79. The molecular weight excluding hydrogens is 372 g/mol. The first kappa shape index (κ1) is 24.1. The number of rotatable bonds is 7. The zero-order valence-electron chi connectivity index (χ0n) is 17.4. The minimum absolute atomic E-state index is 0.119. The average molecular weight is 402 g/mol. The number of nitrogens with zero attached hydrogens (tertiary/aromatic N) is 2. The summed E-state index contributed by atoms with van der Waals surface area (Å²) in [7, 11) is 1.51. The maximum absolute atomic E-state index is 13.0. The predicted molar refractivity (Wildman–Crippen MR) is 113 cm³/mol. The van der Waals surface area contributed by atoms with Crippen LogP contribution in [0, 0.1) is 0 Å². The number of aliphatic imine (C=N–C) groups is 1. The monoisotopic (exact) mass is 402 g/mol. The number of aryl methyl sites for hydroxylation is 1. The summed E-state index contributed by atoms with van der Waals surface area (Å²) in [6.45, 7) is 7.76. The van der Waals surface area contributed by atoms with Crippen LogP contribution in [0.15, 0.2) is 53.4 Å². The number of aliphatic carboxylic acids is 1. The van der Waals surface area contributed by atoms with E-state index < -0.39 is 18.4 Å². The smallest absolute Gasteiger partial charge is 0.323 e. The van der Waals surface area contributed by atoms with E-state index in [-0.39, 0.29) is 18.0 Å². The van der Waals surface area contributed by atoms with Gasteiger partial charge in [-0.2, -0.15) is 0 Å². The number of carbonyl (C=O) groups excluding carboxylic acids is 1. The molecule has 0 atom stereocenters. The van der Waals surface area contributed by atoms with E-state index in [0.717, 1.165) is 16.9 Å². The van der Waals surface area contributed by atoms with Crippen molar-refractivity contribution in [1.82, 2.24) is 4.90 Å². The molecule has 0 aliphatic carbocycles. The van der Waals surface area contributed by atoms with Gasteiger partial charge in [-0.05, 0) is 24.5 Å². The summed E-state index contributed by atoms with van der Waals surface area (Å²) in [6.07, 6.45) is 3.44. The molecule has 1 heterocycles. The van der Waals surface area contributed by atoms with Crippen LogP contribution in [-0.2, 0) is 20.7 Å². The molecule has 1 aliphatic heterocycles. The van der Waals surface area contributed by atoms with E-state index in [4.69, 9.17) is 9.84 Å². The van der Waals surface area contributed by atoms with E-state index in [0.29, 0.717) is 30.7 Å². The summed E-state index contributed by atoms with van der Waals surface area (Å²) < 4.78 is 5.26. The fourth-order valence-electron chi connectivity index (χ4n) is 2.74. The van der Waals surface area contributed by atoms with Crippen LogP contribution in [0.1, 0.15) is 37.8 Å². The van der Waals surface area contributed by atoms with Crippen LogP contribution in [0.4, 0.5) is 0 Å². The van der Waals surface area contributed by atoms with Crippen molar-refractivity contribution >= 4 is 17.6 Å². The molecule has 1 aliphatic rings. The van der Waals surface area contributed by atoms with Gasteiger partial charge in [0.15, 0.2) is 0 Å². The Morgan fingerprint density at radius 1 is 1.28 bits per heavy atom. The standard InChI is InChI=1S/C20H24N2O5.C2H6/c1-14-12-17(27-2)9-10-21-19(20(26)22(14)13-18(24)25)16-7-5-15(6-8-16)4-3-11-23;1-2/h5-8,12,23H,1,3-4,9-11,13H2,2H3,(H,24,25);1-2H3/b17-12+,21-19?;. The molecule has 7 heteroatoms. The van der Waals surface area contributed by atoms with Gasteiger partial charge in [-0.3, -0.25) is 19.5 Å². The number of hydrogen-bond acceptors (Lipinski definition) is 5. The number of aliphatic hydroxyl groups is 1. The maximum Gasteiger partial charge on any atom is 0.323 e. The second-order valence-corrected chi connectivity index (χ2v) is 6.10. The SMILES string of the molecule is C=C1/C=C(/OC)CCN=C(c2ccc(CCCO)cc2)C(=O)N1CC(=O)O.CC. The molecule has 1 aromatic rings. The van der Waals surface area contributed by atoms with Gasteiger partial charge >= 0.3 is 5.97 Å². The highest BCUT2D eigenvalue weighted by atomic mass is 16.5.